The van der Waals surface area contributed by atoms with Crippen LogP contribution in [0.25, 0.3) is 0 Å². The number of carboxylic acids is 1. The monoisotopic (exact) mass is 1600 g/mol. The smallest absolute Gasteiger partial charge is 0.326 e. The molecular formula is C76H121N23O15. The third-order valence-corrected chi connectivity index (χ3v) is 22.7. The van der Waals surface area contributed by atoms with Crippen molar-refractivity contribution in [3.05, 3.63) is 35.9 Å². The summed E-state index contributed by atoms with van der Waals surface area (Å²) >= 11 is 0. The van der Waals surface area contributed by atoms with E-state index in [1.165, 1.54) is 34.3 Å². The molecule has 630 valence electrons. The molecule has 38 nitrogen and oxygen atoms in total. The van der Waals surface area contributed by atoms with Gasteiger partial charge in [0, 0.05) is 71.9 Å². The summed E-state index contributed by atoms with van der Waals surface area (Å²) in [6.45, 7) is 8.30. The summed E-state index contributed by atoms with van der Waals surface area (Å²) in [5.74, 6) is -9.81. The molecule has 0 aromatic heterocycles. The summed E-state index contributed by atoms with van der Waals surface area (Å²) in [6.07, 6.45) is 6.20. The highest BCUT2D eigenvalue weighted by atomic mass is 16.4. The van der Waals surface area contributed by atoms with E-state index in [-0.39, 0.29) is 172 Å². The first-order valence-corrected chi connectivity index (χ1v) is 40.5. The summed E-state index contributed by atoms with van der Waals surface area (Å²) in [4.78, 5) is 222. The first-order chi connectivity index (χ1) is 54.4. The number of rotatable bonds is 38. The van der Waals surface area contributed by atoms with E-state index in [0.717, 1.165) is 5.56 Å². The van der Waals surface area contributed by atoms with E-state index in [2.05, 4.69) is 46.9 Å². The maximum absolute atomic E-state index is 15.0. The molecule has 0 radical (unpaired) electrons. The lowest BCUT2D eigenvalue weighted by molar-refractivity contribution is -0.150. The van der Waals surface area contributed by atoms with Gasteiger partial charge in [0.15, 0.2) is 17.9 Å². The van der Waals surface area contributed by atoms with E-state index in [9.17, 15) is 72.2 Å². The van der Waals surface area contributed by atoms with Gasteiger partial charge in [-0.3, -0.25) is 77.3 Å². The number of nitrogens with zero attached hydrogens (tertiary/aromatic N) is 10. The highest BCUT2D eigenvalue weighted by Gasteiger charge is 2.48. The molecule has 7 aliphatic heterocycles. The van der Waals surface area contributed by atoms with Crippen LogP contribution in [-0.2, 0) is 73.5 Å². The summed E-state index contributed by atoms with van der Waals surface area (Å²) in [5, 5.41) is 27.0. The molecule has 14 atom stereocenters. The number of carbonyl (C=O) groups excluding carboxylic acids is 13. The minimum absolute atomic E-state index is 0.0103. The second-order valence-corrected chi connectivity index (χ2v) is 31.3. The molecule has 7 saturated heterocycles. The van der Waals surface area contributed by atoms with Crippen LogP contribution in [0.3, 0.4) is 0 Å². The molecule has 0 unspecified atom stereocenters. The number of amides is 13. The number of hydrogen-bond donors (Lipinski definition) is 14. The lowest BCUT2D eigenvalue weighted by atomic mass is 9.96. The first-order valence-electron chi connectivity index (χ1n) is 40.5. The molecule has 13 amide bonds. The fourth-order valence-corrected chi connectivity index (χ4v) is 16.7. The molecular weight excluding hydrogens is 1470 g/mol. The van der Waals surface area contributed by atoms with Gasteiger partial charge in [0.2, 0.25) is 76.8 Å². The van der Waals surface area contributed by atoms with Crippen molar-refractivity contribution in [2.24, 2.45) is 66.9 Å². The Hall–Kier alpha value is -10.4. The van der Waals surface area contributed by atoms with Crippen LogP contribution in [-0.4, -0.2) is 291 Å². The molecule has 114 heavy (non-hydrogen) atoms. The van der Waals surface area contributed by atoms with Crippen LogP contribution in [0.4, 0.5) is 0 Å². The van der Waals surface area contributed by atoms with Crippen LogP contribution in [0, 0.1) is 11.8 Å². The van der Waals surface area contributed by atoms with Crippen LogP contribution in [0.5, 0.6) is 0 Å². The molecule has 7 heterocycles. The molecule has 21 N–H and O–H groups in total. The number of aliphatic carboxylic acids is 1. The normalized spacial score (nSPS) is 22.5. The predicted octanol–water partition coefficient (Wildman–Crippen LogP) is -3.63. The minimum atomic E-state index is -1.27. The van der Waals surface area contributed by atoms with E-state index < -0.39 is 168 Å². The number of carboxylic acid groups (broad SMARTS) is 1. The third kappa shape index (κ3) is 23.8. The second-order valence-electron chi connectivity index (χ2n) is 31.3. The molecule has 0 spiro atoms. The Bertz CT molecular complexity index is 3680. The van der Waals surface area contributed by atoms with E-state index in [0.29, 0.717) is 70.8 Å². The van der Waals surface area contributed by atoms with Crippen molar-refractivity contribution in [2.45, 2.75) is 254 Å². The average molecular weight is 1600 g/mol. The quantitative estimate of drug-likeness (QED) is 0.0173. The minimum Gasteiger partial charge on any atom is -0.480 e. The van der Waals surface area contributed by atoms with Crippen LogP contribution in [0.15, 0.2) is 45.3 Å². The zero-order valence-corrected chi connectivity index (χ0v) is 66.3. The van der Waals surface area contributed by atoms with Gasteiger partial charge in [-0.2, -0.15) is 0 Å². The Balaban J connectivity index is 0.901. The molecule has 0 bridgehead atoms. The Morgan fingerprint density at radius 1 is 0.421 bits per heavy atom. The van der Waals surface area contributed by atoms with E-state index in [1.54, 1.807) is 19.1 Å². The zero-order chi connectivity index (χ0) is 83.0. The number of nitrogens with one attached hydrogen (secondary N) is 6. The van der Waals surface area contributed by atoms with Gasteiger partial charge in [0.05, 0.1) is 12.6 Å². The molecule has 1 aromatic carbocycles. The molecule has 7 fully saturated rings. The topological polar surface area (TPSA) is 573 Å². The Labute approximate surface area is 665 Å². The van der Waals surface area contributed by atoms with Crippen LogP contribution < -0.4 is 72.0 Å². The predicted molar refractivity (Wildman–Crippen MR) is 420 cm³/mol. The van der Waals surface area contributed by atoms with E-state index in [4.69, 9.17) is 40.1 Å². The maximum Gasteiger partial charge on any atom is 0.326 e. The van der Waals surface area contributed by atoms with Crippen LogP contribution in [0.1, 0.15) is 175 Å². The number of benzene rings is 1. The summed E-state index contributed by atoms with van der Waals surface area (Å²) in [6, 6.07) is -5.17. The molecule has 0 aliphatic carbocycles. The van der Waals surface area contributed by atoms with Gasteiger partial charge in [-0.25, -0.2) is 4.79 Å². The van der Waals surface area contributed by atoms with Gasteiger partial charge in [0.25, 0.3) is 0 Å². The average Bonchev–Trinajstić information content (AvgIpc) is 1.62. The standard InChI is InChI=1S/C76H121N23O15/c1-5-45(4)60(72(112)98-39-17-28-56(98)64(104)90-50(23-11-33-86-76(82)83)70(110)99-40-18-30-58(99)73(113)114)92-66(106)57-29-16-37-96(57)69(109)49(22-10-32-85-75(80)81)88-62(102)53-25-12-34-93(53)59(100)43-87-61(101)52-24-13-36-95(52)68(108)48(21-9-31-84-74(78)79)89-63(103)55-27-15-38-97(55)71(111)51(42-46-19-7-6-8-20-46)91-65(105)54-26-14-35-94(54)67(107)47(77)41-44(2)3/h6-8,19-20,44-45,47-58,60H,5,9-18,21-43,77H2,1-4H3,(H,87,101)(H,88,102)(H,89,103)(H,90,104)(H,91,105)(H,92,106)(H,113,114)(H4,78,79,84)(H4,80,81,85)(H4,82,83,86)/t45-,47-,48-,49-,50-,51-,52-,53-,54-,55-,56-,57-,58-,60-/m0/s1. The zero-order valence-electron chi connectivity index (χ0n) is 66.3. The second kappa shape index (κ2) is 42.6. The van der Waals surface area contributed by atoms with Gasteiger partial charge in [-0.15, -0.1) is 0 Å². The van der Waals surface area contributed by atoms with Crippen molar-refractivity contribution >= 4 is 101 Å². The van der Waals surface area contributed by atoms with Gasteiger partial charge in [-0.1, -0.05) is 64.4 Å². The number of guanidine groups is 3. The lowest BCUT2D eigenvalue weighted by Gasteiger charge is -2.34. The Kier molecular flexibility index (Phi) is 33.3. The maximum atomic E-state index is 15.0. The van der Waals surface area contributed by atoms with Crippen LogP contribution >= 0.6 is 0 Å². The molecule has 38 heteroatoms. The molecule has 7 aliphatic rings. The highest BCUT2D eigenvalue weighted by Crippen LogP contribution is 2.30. The number of likely N-dealkylation sites (tertiary alicyclic amines) is 7. The van der Waals surface area contributed by atoms with Crippen molar-refractivity contribution in [2.75, 3.05) is 72.0 Å². The first kappa shape index (κ1) is 89.1. The van der Waals surface area contributed by atoms with Crippen LogP contribution in [0.2, 0.25) is 0 Å². The van der Waals surface area contributed by atoms with E-state index >= 15 is 0 Å². The number of hydrogen-bond acceptors (Lipinski definition) is 18. The summed E-state index contributed by atoms with van der Waals surface area (Å²) < 4.78 is 0. The van der Waals surface area contributed by atoms with Gasteiger partial charge < -0.3 is 111 Å². The highest BCUT2D eigenvalue weighted by molar-refractivity contribution is 6.01. The fourth-order valence-electron chi connectivity index (χ4n) is 16.7. The molecule has 0 saturated carbocycles. The summed E-state index contributed by atoms with van der Waals surface area (Å²) in [7, 11) is 0. The fraction of sp³-hybridized carbons (Fsp3) is 0.697. The molecule has 1 aromatic rings. The van der Waals surface area contributed by atoms with Gasteiger partial charge >= 0.3 is 5.97 Å². The number of aliphatic imine (C=N–C) groups is 3. The number of nitrogens with two attached hydrogens (primary N) is 7. The Morgan fingerprint density at radius 2 is 0.737 bits per heavy atom. The van der Waals surface area contributed by atoms with Crippen molar-refractivity contribution < 1.29 is 72.2 Å². The SMILES string of the molecule is CC[C@H](C)[C@H](NC(=O)[C@@H]1CCCN1C(=O)[C@H](CCCN=C(N)N)NC(=O)[C@@H]1CCCN1C(=O)CNC(=O)[C@@H]1CCCN1C(=O)[C@H](CCCN=C(N)N)NC(=O)[C@@H]1CCCN1C(=O)[C@H](Cc1ccccc1)NC(=O)[C@@H]1CCCN1C(=O)[C@@H](N)CC(C)C)C(=O)N1CCC[C@H]1C(=O)N[C@@H](CCCN=C(N)N)C(=O)N1CCC[C@H]1C(=O)O. The van der Waals surface area contributed by atoms with Crippen molar-refractivity contribution in [3.8, 4) is 0 Å². The number of carbonyl (C=O) groups is 14. The third-order valence-electron chi connectivity index (χ3n) is 22.7. The van der Waals surface area contributed by atoms with Gasteiger partial charge in [0.1, 0.15) is 72.5 Å². The largest absolute Gasteiger partial charge is 0.480 e. The Morgan fingerprint density at radius 3 is 1.11 bits per heavy atom. The molecule has 8 rings (SSSR count). The van der Waals surface area contributed by atoms with E-state index in [1.807, 2.05) is 39.0 Å². The lowest BCUT2D eigenvalue weighted by Crippen LogP contribution is -2.60. The van der Waals surface area contributed by atoms with Crippen molar-refractivity contribution in [1.29, 1.82) is 0 Å². The van der Waals surface area contributed by atoms with Crippen molar-refractivity contribution in [3.63, 3.8) is 0 Å². The van der Waals surface area contributed by atoms with Crippen molar-refractivity contribution in [1.82, 2.24) is 66.2 Å². The summed E-state index contributed by atoms with van der Waals surface area (Å²) in [5.41, 5.74) is 40.6. The van der Waals surface area contributed by atoms with Gasteiger partial charge in [-0.05, 0) is 152 Å².